The minimum Gasteiger partial charge on any atom is -0.355 e. The van der Waals surface area contributed by atoms with Gasteiger partial charge < -0.3 is 4.98 Å². The predicted octanol–water partition coefficient (Wildman–Crippen LogP) is 8.70. The summed E-state index contributed by atoms with van der Waals surface area (Å²) in [5.74, 6) is 0.724. The summed E-state index contributed by atoms with van der Waals surface area (Å²) in [6, 6.07) is 34.1. The van der Waals surface area contributed by atoms with Crippen molar-refractivity contribution in [2.45, 2.75) is 0 Å². The van der Waals surface area contributed by atoms with Crippen molar-refractivity contribution in [3.05, 3.63) is 151 Å². The van der Waals surface area contributed by atoms with Gasteiger partial charge in [0.1, 0.15) is 5.82 Å². The molecule has 0 unspecified atom stereocenters. The lowest BCUT2D eigenvalue weighted by atomic mass is 9.99. The zero-order valence-electron chi connectivity index (χ0n) is 25.6. The Bertz CT molecular complexity index is 2530. The quantitative estimate of drug-likeness (QED) is 0.212. The number of hydrogen-bond donors (Lipinski definition) is 1. The van der Waals surface area contributed by atoms with E-state index in [2.05, 4.69) is 21.7 Å². The molecule has 48 heavy (non-hydrogen) atoms. The molecule has 8 nitrogen and oxygen atoms in total. The molecule has 0 saturated heterocycles. The first-order chi connectivity index (χ1) is 23.8. The van der Waals surface area contributed by atoms with E-state index < -0.39 is 0 Å². The van der Waals surface area contributed by atoms with Crippen LogP contribution in [0.5, 0.6) is 0 Å². The second kappa shape index (κ2) is 11.5. The Morgan fingerprint density at radius 3 is 1.60 bits per heavy atom. The first-order valence-electron chi connectivity index (χ1n) is 15.6. The van der Waals surface area contributed by atoms with E-state index in [0.29, 0.717) is 0 Å². The van der Waals surface area contributed by atoms with Crippen molar-refractivity contribution in [3.63, 3.8) is 0 Å². The minimum absolute atomic E-state index is 0.724. The molecule has 0 aromatic carbocycles. The summed E-state index contributed by atoms with van der Waals surface area (Å²) in [6.45, 7) is 0. The van der Waals surface area contributed by atoms with Gasteiger partial charge in [0.05, 0.1) is 56.5 Å². The average Bonchev–Trinajstić information content (AvgIpc) is 3.95. The van der Waals surface area contributed by atoms with Gasteiger partial charge in [0, 0.05) is 46.9 Å². The summed E-state index contributed by atoms with van der Waals surface area (Å²) in [7, 11) is 0. The Hall–Kier alpha value is -6.80. The molecule has 226 valence electrons. The summed E-state index contributed by atoms with van der Waals surface area (Å²) in [5.41, 5.74) is 11.8. The van der Waals surface area contributed by atoms with Crippen molar-refractivity contribution in [1.82, 2.24) is 39.5 Å². The monoisotopic (exact) mass is 618 g/mol. The van der Waals surface area contributed by atoms with Gasteiger partial charge in [0.25, 0.3) is 0 Å². The molecule has 8 bridgehead atoms. The fourth-order valence-electron chi connectivity index (χ4n) is 6.31. The summed E-state index contributed by atoms with van der Waals surface area (Å²) < 4.78 is 2.18. The van der Waals surface area contributed by atoms with E-state index >= 15 is 0 Å². The third-order valence-corrected chi connectivity index (χ3v) is 8.31. The maximum atomic E-state index is 5.19. The van der Waals surface area contributed by atoms with E-state index in [9.17, 15) is 0 Å². The van der Waals surface area contributed by atoms with Gasteiger partial charge in [-0.05, 0) is 103 Å². The Morgan fingerprint density at radius 2 is 1.00 bits per heavy atom. The number of H-pyrrole nitrogens is 1. The van der Waals surface area contributed by atoms with E-state index in [0.717, 1.165) is 84.4 Å². The number of nitrogens with zero attached hydrogens (tertiary/aromatic N) is 7. The summed E-state index contributed by atoms with van der Waals surface area (Å²) in [5, 5.41) is 0. The van der Waals surface area contributed by atoms with Gasteiger partial charge in [-0.15, -0.1) is 0 Å². The second-order valence-electron chi connectivity index (χ2n) is 11.4. The topological polar surface area (TPSA) is 98.1 Å². The largest absolute Gasteiger partial charge is 0.355 e. The van der Waals surface area contributed by atoms with Gasteiger partial charge in [-0.25, -0.2) is 15.0 Å². The molecule has 8 heteroatoms. The first kappa shape index (κ1) is 27.5. The molecule has 0 amide bonds. The van der Waals surface area contributed by atoms with Crippen molar-refractivity contribution >= 4 is 46.4 Å². The summed E-state index contributed by atoms with van der Waals surface area (Å²) >= 11 is 0. The van der Waals surface area contributed by atoms with E-state index in [1.165, 1.54) is 0 Å². The van der Waals surface area contributed by atoms with E-state index in [1.54, 1.807) is 0 Å². The lowest BCUT2D eigenvalue weighted by Gasteiger charge is -2.11. The fraction of sp³-hybridized carbons (Fsp3) is 0. The third-order valence-electron chi connectivity index (χ3n) is 8.31. The summed E-state index contributed by atoms with van der Waals surface area (Å²) in [6.07, 6.45) is 15.4. The molecule has 7 aromatic heterocycles. The number of aromatic nitrogens is 8. The van der Waals surface area contributed by atoms with E-state index in [-0.39, 0.29) is 0 Å². The van der Waals surface area contributed by atoms with Crippen LogP contribution in [0.2, 0.25) is 0 Å². The molecule has 0 spiro atoms. The van der Waals surface area contributed by atoms with Crippen molar-refractivity contribution < 1.29 is 0 Å². The molecular weight excluding hydrogens is 592 g/mol. The van der Waals surface area contributed by atoms with Gasteiger partial charge in [0.2, 0.25) is 0 Å². The van der Waals surface area contributed by atoms with Gasteiger partial charge in [-0.2, -0.15) is 0 Å². The van der Waals surface area contributed by atoms with Crippen LogP contribution in [0.1, 0.15) is 22.8 Å². The molecule has 0 atom stereocenters. The number of aromatic amines is 1. The van der Waals surface area contributed by atoms with Crippen molar-refractivity contribution in [2.24, 2.45) is 0 Å². The molecular formula is C40H26N8. The van der Waals surface area contributed by atoms with Crippen LogP contribution in [0.3, 0.4) is 0 Å². The lowest BCUT2D eigenvalue weighted by molar-refractivity contribution is 1.07. The van der Waals surface area contributed by atoms with Gasteiger partial charge in [-0.1, -0.05) is 24.3 Å². The molecule has 9 rings (SSSR count). The smallest absolute Gasteiger partial charge is 0.137 e. The Labute approximate surface area is 275 Å². The molecule has 7 aromatic rings. The van der Waals surface area contributed by atoms with Crippen LogP contribution >= 0.6 is 0 Å². The van der Waals surface area contributed by atoms with Crippen LogP contribution in [-0.2, 0) is 0 Å². The molecule has 2 aliphatic rings. The van der Waals surface area contributed by atoms with Crippen LogP contribution in [-0.4, -0.2) is 39.5 Å². The highest BCUT2D eigenvalue weighted by molar-refractivity contribution is 6.09. The number of rotatable bonds is 4. The fourth-order valence-corrected chi connectivity index (χ4v) is 6.31. The maximum Gasteiger partial charge on any atom is 0.137 e. The van der Waals surface area contributed by atoms with Gasteiger partial charge in [-0.3, -0.25) is 19.5 Å². The average molecular weight is 619 g/mol. The van der Waals surface area contributed by atoms with Crippen LogP contribution in [0.4, 0.5) is 0 Å². The van der Waals surface area contributed by atoms with E-state index in [1.807, 2.05) is 140 Å². The van der Waals surface area contributed by atoms with Crippen molar-refractivity contribution in [1.29, 1.82) is 0 Å². The highest BCUT2D eigenvalue weighted by Crippen LogP contribution is 2.45. The van der Waals surface area contributed by atoms with Crippen LogP contribution in [0, 0.1) is 0 Å². The normalized spacial score (nSPS) is 12.0. The molecule has 0 radical (unpaired) electrons. The number of hydrogen-bond acceptors (Lipinski definition) is 6. The molecule has 9 heterocycles. The van der Waals surface area contributed by atoms with Gasteiger partial charge >= 0.3 is 0 Å². The number of fused-ring (bicyclic) bond motifs is 8. The molecule has 0 aliphatic carbocycles. The molecule has 2 aliphatic heterocycles. The summed E-state index contributed by atoms with van der Waals surface area (Å²) in [4.78, 5) is 33.3. The Balaban J connectivity index is 1.61. The van der Waals surface area contributed by atoms with Gasteiger partial charge in [0.15, 0.2) is 0 Å². The third kappa shape index (κ3) is 4.89. The SMILES string of the molecule is C1=Cc2cc3c(-c4ccccn4)c(-c4ccccn4)c(c(-c4ccccn4)c4nc(cc5ccc(cc1n2)[nH]5)C=C4)n3-c1ccccn1. The molecule has 0 saturated carbocycles. The minimum atomic E-state index is 0.724. The molecule has 1 N–H and O–H groups in total. The first-order valence-corrected chi connectivity index (χ1v) is 15.6. The highest BCUT2D eigenvalue weighted by Gasteiger charge is 2.27. The molecule has 0 fully saturated rings. The predicted molar refractivity (Wildman–Crippen MR) is 191 cm³/mol. The second-order valence-corrected chi connectivity index (χ2v) is 11.4. The van der Waals surface area contributed by atoms with Crippen LogP contribution < -0.4 is 0 Å². The van der Waals surface area contributed by atoms with Crippen LogP contribution in [0.15, 0.2) is 128 Å². The lowest BCUT2D eigenvalue weighted by Crippen LogP contribution is -2.00. The standard InChI is InChI=1S/C40H26N8/c1-5-19-41-31(9-1)37-34-18-17-29(47-34)24-28-14-13-26(45-28)23-27-15-16-30(46-27)25-35-38(32-10-2-6-20-42-32)39(33-11-3-7-21-43-33)40(37)48(35)36-12-4-8-22-44-36/h1-25,45H. The Kier molecular flexibility index (Phi) is 6.61. The Morgan fingerprint density at radius 1 is 0.458 bits per heavy atom. The highest BCUT2D eigenvalue weighted by atomic mass is 15.1. The van der Waals surface area contributed by atoms with E-state index in [4.69, 9.17) is 29.9 Å². The van der Waals surface area contributed by atoms with Crippen LogP contribution in [0.25, 0.3) is 86.0 Å². The van der Waals surface area contributed by atoms with Crippen molar-refractivity contribution in [2.75, 3.05) is 0 Å². The van der Waals surface area contributed by atoms with Crippen molar-refractivity contribution in [3.8, 4) is 39.6 Å². The number of pyridine rings is 4. The number of nitrogens with one attached hydrogen (secondary N) is 1. The zero-order valence-corrected chi connectivity index (χ0v) is 25.6. The zero-order chi connectivity index (χ0) is 31.9. The maximum absolute atomic E-state index is 5.19.